The van der Waals surface area contributed by atoms with E-state index < -0.39 is 5.97 Å². The molecular formula is C15H16N2O4S. The first-order valence-electron chi connectivity index (χ1n) is 6.80. The minimum absolute atomic E-state index is 0.107. The normalized spacial score (nSPS) is 11.5. The smallest absolute Gasteiger partial charge is 0.342 e. The molecule has 6 nitrogen and oxygen atoms in total. The van der Waals surface area contributed by atoms with Crippen molar-refractivity contribution >= 4 is 23.8 Å². The number of aryl methyl sites for hydroxylation is 1. The quantitative estimate of drug-likeness (QED) is 0.619. The van der Waals surface area contributed by atoms with Crippen LogP contribution in [0, 0.1) is 0 Å². The Morgan fingerprint density at radius 2 is 2.05 bits per heavy atom. The van der Waals surface area contributed by atoms with E-state index >= 15 is 0 Å². The van der Waals surface area contributed by atoms with Gasteiger partial charge in [0.15, 0.2) is 0 Å². The molecule has 0 saturated heterocycles. The minimum Gasteiger partial charge on any atom is -0.494 e. The number of thioether (sulfide) groups is 1. The van der Waals surface area contributed by atoms with E-state index in [0.717, 1.165) is 23.1 Å². The lowest BCUT2D eigenvalue weighted by Gasteiger charge is -2.03. The summed E-state index contributed by atoms with van der Waals surface area (Å²) in [5, 5.41) is 17.1. The van der Waals surface area contributed by atoms with Crippen LogP contribution in [0.4, 0.5) is 0 Å². The van der Waals surface area contributed by atoms with Crippen LogP contribution in [-0.2, 0) is 11.2 Å². The SMILES string of the molecule is CCOc1ccc(/C=C(\Sc2nnc(CC)o2)C(=O)O)cc1. The first-order chi connectivity index (χ1) is 10.6. The van der Waals surface area contributed by atoms with Crippen molar-refractivity contribution in [2.45, 2.75) is 25.5 Å². The zero-order valence-corrected chi connectivity index (χ0v) is 13.1. The lowest BCUT2D eigenvalue weighted by molar-refractivity contribution is -0.131. The van der Waals surface area contributed by atoms with E-state index in [-0.39, 0.29) is 10.1 Å². The number of nitrogens with zero attached hydrogens (tertiary/aromatic N) is 2. The highest BCUT2D eigenvalue weighted by Crippen LogP contribution is 2.28. The molecule has 2 rings (SSSR count). The third-order valence-electron chi connectivity index (χ3n) is 2.65. The zero-order chi connectivity index (χ0) is 15.9. The number of carboxylic acid groups (broad SMARTS) is 1. The van der Waals surface area contributed by atoms with Gasteiger partial charge in [0, 0.05) is 6.42 Å². The molecule has 1 N–H and O–H groups in total. The summed E-state index contributed by atoms with van der Waals surface area (Å²) in [6, 6.07) is 7.17. The molecule has 0 spiro atoms. The van der Waals surface area contributed by atoms with E-state index in [2.05, 4.69) is 10.2 Å². The van der Waals surface area contributed by atoms with Gasteiger partial charge in [-0.25, -0.2) is 4.79 Å². The second kappa shape index (κ2) is 7.65. The maximum absolute atomic E-state index is 11.4. The molecule has 0 aliphatic heterocycles. The monoisotopic (exact) mass is 320 g/mol. The third kappa shape index (κ3) is 4.36. The maximum Gasteiger partial charge on any atom is 0.342 e. The summed E-state index contributed by atoms with van der Waals surface area (Å²) >= 11 is 0.932. The topological polar surface area (TPSA) is 85.5 Å². The van der Waals surface area contributed by atoms with Crippen LogP contribution < -0.4 is 4.74 Å². The molecule has 0 aliphatic rings. The molecule has 0 aliphatic carbocycles. The van der Waals surface area contributed by atoms with E-state index in [1.165, 1.54) is 0 Å². The number of ether oxygens (including phenoxy) is 1. The van der Waals surface area contributed by atoms with Gasteiger partial charge in [-0.05, 0) is 42.5 Å². The van der Waals surface area contributed by atoms with Crippen LogP contribution in [0.1, 0.15) is 25.3 Å². The number of hydrogen-bond acceptors (Lipinski definition) is 6. The highest BCUT2D eigenvalue weighted by Gasteiger charge is 2.14. The predicted octanol–water partition coefficient (Wildman–Crippen LogP) is 3.25. The number of benzene rings is 1. The molecule has 1 aromatic carbocycles. The second-order valence-electron chi connectivity index (χ2n) is 4.23. The number of aromatic nitrogens is 2. The Balaban J connectivity index is 2.17. The molecule has 1 aromatic heterocycles. The Bertz CT molecular complexity index is 664. The molecule has 0 amide bonds. The van der Waals surface area contributed by atoms with E-state index in [4.69, 9.17) is 9.15 Å². The van der Waals surface area contributed by atoms with Crippen LogP contribution in [-0.4, -0.2) is 27.9 Å². The molecule has 22 heavy (non-hydrogen) atoms. The maximum atomic E-state index is 11.4. The van der Waals surface area contributed by atoms with Crippen LogP contribution in [0.25, 0.3) is 6.08 Å². The summed E-state index contributed by atoms with van der Waals surface area (Å²) in [7, 11) is 0. The van der Waals surface area contributed by atoms with Gasteiger partial charge in [0.05, 0.1) is 6.61 Å². The molecule has 0 fully saturated rings. The molecule has 0 saturated carbocycles. The van der Waals surface area contributed by atoms with Crippen molar-refractivity contribution in [3.63, 3.8) is 0 Å². The lowest BCUT2D eigenvalue weighted by Crippen LogP contribution is -1.97. The highest BCUT2D eigenvalue weighted by molar-refractivity contribution is 8.03. The average Bonchev–Trinajstić information content (AvgIpc) is 2.96. The fourth-order valence-corrected chi connectivity index (χ4v) is 2.32. The third-order valence-corrected chi connectivity index (χ3v) is 3.50. The molecular weight excluding hydrogens is 304 g/mol. The minimum atomic E-state index is -1.05. The van der Waals surface area contributed by atoms with Crippen LogP contribution in [0.3, 0.4) is 0 Å². The van der Waals surface area contributed by atoms with Crippen molar-refractivity contribution in [3.8, 4) is 5.75 Å². The fraction of sp³-hybridized carbons (Fsp3) is 0.267. The van der Waals surface area contributed by atoms with Crippen LogP contribution >= 0.6 is 11.8 Å². The van der Waals surface area contributed by atoms with Crippen molar-refractivity contribution in [1.82, 2.24) is 10.2 Å². The lowest BCUT2D eigenvalue weighted by atomic mass is 10.2. The van der Waals surface area contributed by atoms with E-state index in [1.54, 1.807) is 30.3 Å². The Hall–Kier alpha value is -2.28. The first kappa shape index (κ1) is 16.1. The number of hydrogen-bond donors (Lipinski definition) is 1. The molecule has 0 bridgehead atoms. The van der Waals surface area contributed by atoms with Gasteiger partial charge in [0.25, 0.3) is 5.22 Å². The predicted molar refractivity (Wildman–Crippen MR) is 82.8 cm³/mol. The number of aliphatic carboxylic acids is 1. The number of carboxylic acids is 1. The standard InChI is InChI=1S/C15H16N2O4S/c1-3-13-16-17-15(21-13)22-12(14(18)19)9-10-5-7-11(8-6-10)20-4-2/h5-9H,3-4H2,1-2H3,(H,18,19)/b12-9-. The Morgan fingerprint density at radius 3 is 2.59 bits per heavy atom. The van der Waals surface area contributed by atoms with Gasteiger partial charge in [-0.2, -0.15) is 0 Å². The highest BCUT2D eigenvalue weighted by atomic mass is 32.2. The van der Waals surface area contributed by atoms with Crippen LogP contribution in [0.15, 0.2) is 38.8 Å². The van der Waals surface area contributed by atoms with Gasteiger partial charge >= 0.3 is 5.97 Å². The Morgan fingerprint density at radius 1 is 1.32 bits per heavy atom. The van der Waals surface area contributed by atoms with E-state index in [1.807, 2.05) is 13.8 Å². The van der Waals surface area contributed by atoms with Crippen molar-refractivity contribution in [1.29, 1.82) is 0 Å². The molecule has 7 heteroatoms. The van der Waals surface area contributed by atoms with Crippen molar-refractivity contribution in [2.24, 2.45) is 0 Å². The Kier molecular flexibility index (Phi) is 5.60. The number of rotatable bonds is 7. The van der Waals surface area contributed by atoms with Crippen LogP contribution in [0.5, 0.6) is 5.75 Å². The van der Waals surface area contributed by atoms with Gasteiger partial charge in [0.1, 0.15) is 10.7 Å². The summed E-state index contributed by atoms with van der Waals surface area (Å²) in [4.78, 5) is 11.5. The molecule has 1 heterocycles. The van der Waals surface area contributed by atoms with Gasteiger partial charge < -0.3 is 14.3 Å². The van der Waals surface area contributed by atoms with Crippen molar-refractivity contribution < 1.29 is 19.1 Å². The molecule has 0 radical (unpaired) electrons. The van der Waals surface area contributed by atoms with Gasteiger partial charge in [-0.15, -0.1) is 10.2 Å². The fourth-order valence-electron chi connectivity index (χ4n) is 1.63. The largest absolute Gasteiger partial charge is 0.494 e. The summed E-state index contributed by atoms with van der Waals surface area (Å²) in [5.74, 6) is 0.178. The molecule has 116 valence electrons. The van der Waals surface area contributed by atoms with Crippen molar-refractivity contribution in [2.75, 3.05) is 6.61 Å². The summed E-state index contributed by atoms with van der Waals surface area (Å²) in [6.45, 7) is 4.38. The molecule has 2 aromatic rings. The van der Waals surface area contributed by atoms with Crippen LogP contribution in [0.2, 0.25) is 0 Å². The van der Waals surface area contributed by atoms with E-state index in [9.17, 15) is 9.90 Å². The average molecular weight is 320 g/mol. The van der Waals surface area contributed by atoms with Gasteiger partial charge in [-0.3, -0.25) is 0 Å². The number of carbonyl (C=O) groups is 1. The summed E-state index contributed by atoms with van der Waals surface area (Å²) in [6.07, 6.45) is 2.16. The van der Waals surface area contributed by atoms with Crippen molar-refractivity contribution in [3.05, 3.63) is 40.6 Å². The first-order valence-corrected chi connectivity index (χ1v) is 7.62. The summed E-state index contributed by atoms with van der Waals surface area (Å²) < 4.78 is 10.7. The summed E-state index contributed by atoms with van der Waals surface area (Å²) in [5.41, 5.74) is 0.753. The second-order valence-corrected chi connectivity index (χ2v) is 5.23. The molecule has 0 atom stereocenters. The zero-order valence-electron chi connectivity index (χ0n) is 12.3. The van der Waals surface area contributed by atoms with Gasteiger partial charge in [0.2, 0.25) is 5.89 Å². The molecule has 0 unspecified atom stereocenters. The van der Waals surface area contributed by atoms with E-state index in [0.29, 0.717) is 18.9 Å². The van der Waals surface area contributed by atoms with Gasteiger partial charge in [-0.1, -0.05) is 19.1 Å². The Labute approximate surface area is 132 Å².